The van der Waals surface area contributed by atoms with Crippen LogP contribution in [0.25, 0.3) is 22.6 Å². The maximum Gasteiger partial charge on any atom is 0.267 e. The van der Waals surface area contributed by atoms with Crippen molar-refractivity contribution in [2.45, 2.75) is 32.8 Å². The van der Waals surface area contributed by atoms with Crippen LogP contribution in [0.2, 0.25) is 5.02 Å². The number of halogens is 2. The molecule has 1 N–H and O–H groups in total. The van der Waals surface area contributed by atoms with Crippen LogP contribution < -0.4 is 10.1 Å². The second kappa shape index (κ2) is 8.96. The van der Waals surface area contributed by atoms with Crippen molar-refractivity contribution in [2.75, 3.05) is 5.32 Å². The first-order chi connectivity index (χ1) is 15.2. The van der Waals surface area contributed by atoms with E-state index in [4.69, 9.17) is 20.8 Å². The second-order valence-corrected chi connectivity index (χ2v) is 9.21. The van der Waals surface area contributed by atoms with Crippen LogP contribution in [0.3, 0.4) is 0 Å². The zero-order valence-corrected chi connectivity index (χ0v) is 20.3. The SMILES string of the molecule is CCc1ccc2oc(-c3cc(NC(=O)C(C)(C)Oc4ccc(Br)cc4)ccc3Cl)nc2c1. The number of ether oxygens (including phenoxy) is 1. The molecule has 0 atom stereocenters. The summed E-state index contributed by atoms with van der Waals surface area (Å²) in [4.78, 5) is 17.5. The highest BCUT2D eigenvalue weighted by Gasteiger charge is 2.30. The van der Waals surface area contributed by atoms with Crippen molar-refractivity contribution in [1.29, 1.82) is 0 Å². The number of carbonyl (C=O) groups excluding carboxylic acids is 1. The minimum Gasteiger partial charge on any atom is -0.478 e. The molecule has 4 aromatic rings. The van der Waals surface area contributed by atoms with Gasteiger partial charge in [-0.05, 0) is 80.4 Å². The number of aryl methyl sites for hydroxylation is 1. The number of rotatable bonds is 6. The third kappa shape index (κ3) is 4.81. The van der Waals surface area contributed by atoms with E-state index in [2.05, 4.69) is 33.2 Å². The van der Waals surface area contributed by atoms with E-state index < -0.39 is 5.60 Å². The third-order valence-electron chi connectivity index (χ3n) is 5.05. The molecule has 7 heteroatoms. The predicted octanol–water partition coefficient (Wildman–Crippen LogP) is 7.27. The molecule has 5 nitrogen and oxygen atoms in total. The van der Waals surface area contributed by atoms with Crippen LogP contribution in [0, 0.1) is 0 Å². The van der Waals surface area contributed by atoms with E-state index in [1.54, 1.807) is 44.2 Å². The Morgan fingerprint density at radius 2 is 1.88 bits per heavy atom. The molecule has 0 bridgehead atoms. The van der Waals surface area contributed by atoms with Gasteiger partial charge in [0.2, 0.25) is 5.89 Å². The lowest BCUT2D eigenvalue weighted by atomic mass is 10.1. The number of carbonyl (C=O) groups is 1. The summed E-state index contributed by atoms with van der Waals surface area (Å²) in [6, 6.07) is 18.4. The molecule has 0 radical (unpaired) electrons. The van der Waals surface area contributed by atoms with Crippen LogP contribution in [0.4, 0.5) is 5.69 Å². The number of fused-ring (bicyclic) bond motifs is 1. The Bertz CT molecular complexity index is 1280. The molecule has 164 valence electrons. The molecule has 0 saturated heterocycles. The van der Waals surface area contributed by atoms with Crippen molar-refractivity contribution in [1.82, 2.24) is 4.98 Å². The Balaban J connectivity index is 1.57. The number of nitrogens with one attached hydrogen (secondary N) is 1. The van der Waals surface area contributed by atoms with Gasteiger partial charge in [-0.3, -0.25) is 4.79 Å². The lowest BCUT2D eigenvalue weighted by Crippen LogP contribution is -2.42. The Kier molecular flexibility index (Phi) is 6.26. The molecule has 0 unspecified atom stereocenters. The van der Waals surface area contributed by atoms with Gasteiger partial charge in [-0.1, -0.05) is 40.5 Å². The van der Waals surface area contributed by atoms with Gasteiger partial charge in [-0.15, -0.1) is 0 Å². The minimum absolute atomic E-state index is 0.293. The maximum atomic E-state index is 12.9. The number of hydrogen-bond acceptors (Lipinski definition) is 4. The highest BCUT2D eigenvalue weighted by Crippen LogP contribution is 2.33. The summed E-state index contributed by atoms with van der Waals surface area (Å²) in [6.45, 7) is 5.52. The van der Waals surface area contributed by atoms with E-state index >= 15 is 0 Å². The van der Waals surface area contributed by atoms with Gasteiger partial charge in [0.25, 0.3) is 5.91 Å². The molecule has 0 aliphatic rings. The third-order valence-corrected chi connectivity index (χ3v) is 5.91. The van der Waals surface area contributed by atoms with Crippen LogP contribution in [0.15, 0.2) is 69.6 Å². The molecular weight excluding hydrogens is 492 g/mol. The predicted molar refractivity (Wildman–Crippen MR) is 131 cm³/mol. The molecule has 1 aromatic heterocycles. The number of anilines is 1. The second-order valence-electron chi connectivity index (χ2n) is 7.89. The van der Waals surface area contributed by atoms with E-state index in [0.717, 1.165) is 16.4 Å². The summed E-state index contributed by atoms with van der Waals surface area (Å²) in [6.07, 6.45) is 0.915. The molecule has 0 spiro atoms. The quantitative estimate of drug-likeness (QED) is 0.294. The zero-order valence-electron chi connectivity index (χ0n) is 17.9. The highest BCUT2D eigenvalue weighted by molar-refractivity contribution is 9.10. The van der Waals surface area contributed by atoms with Crippen molar-refractivity contribution < 1.29 is 13.9 Å². The monoisotopic (exact) mass is 512 g/mol. The molecule has 1 amide bonds. The molecule has 0 aliphatic heterocycles. The van der Waals surface area contributed by atoms with Gasteiger partial charge in [0.15, 0.2) is 11.2 Å². The van der Waals surface area contributed by atoms with E-state index in [9.17, 15) is 4.79 Å². The minimum atomic E-state index is -1.10. The summed E-state index contributed by atoms with van der Waals surface area (Å²) >= 11 is 9.81. The Morgan fingerprint density at radius 3 is 2.59 bits per heavy atom. The highest BCUT2D eigenvalue weighted by atomic mass is 79.9. The average Bonchev–Trinajstić information content (AvgIpc) is 3.19. The first-order valence-electron chi connectivity index (χ1n) is 10.2. The molecular formula is C25H22BrClN2O3. The van der Waals surface area contributed by atoms with Crippen LogP contribution >= 0.6 is 27.5 Å². The van der Waals surface area contributed by atoms with E-state index in [0.29, 0.717) is 33.5 Å². The van der Waals surface area contributed by atoms with Crippen LogP contribution in [-0.4, -0.2) is 16.5 Å². The summed E-state index contributed by atoms with van der Waals surface area (Å²) in [7, 11) is 0. The fraction of sp³-hybridized carbons (Fsp3) is 0.200. The first-order valence-corrected chi connectivity index (χ1v) is 11.4. The van der Waals surface area contributed by atoms with Gasteiger partial charge in [0, 0.05) is 10.2 Å². The Hall–Kier alpha value is -2.83. The fourth-order valence-corrected chi connectivity index (χ4v) is 3.66. The number of amides is 1. The van der Waals surface area contributed by atoms with Crippen molar-refractivity contribution in [3.05, 3.63) is 75.7 Å². The smallest absolute Gasteiger partial charge is 0.267 e. The van der Waals surface area contributed by atoms with Crippen molar-refractivity contribution in [3.8, 4) is 17.2 Å². The maximum absolute atomic E-state index is 12.9. The van der Waals surface area contributed by atoms with Crippen LogP contribution in [0.5, 0.6) is 5.75 Å². The number of oxazole rings is 1. The van der Waals surface area contributed by atoms with Gasteiger partial charge in [-0.25, -0.2) is 4.98 Å². The van der Waals surface area contributed by atoms with E-state index in [1.807, 2.05) is 30.3 Å². The molecule has 0 fully saturated rings. The largest absolute Gasteiger partial charge is 0.478 e. The van der Waals surface area contributed by atoms with Gasteiger partial charge >= 0.3 is 0 Å². The van der Waals surface area contributed by atoms with Crippen molar-refractivity contribution >= 4 is 50.2 Å². The summed E-state index contributed by atoms with van der Waals surface area (Å²) in [5.41, 5.74) is 2.71. The number of hydrogen-bond donors (Lipinski definition) is 1. The molecule has 4 rings (SSSR count). The topological polar surface area (TPSA) is 64.4 Å². The van der Waals surface area contributed by atoms with Gasteiger partial charge < -0.3 is 14.5 Å². The normalized spacial score (nSPS) is 11.5. The summed E-state index contributed by atoms with van der Waals surface area (Å²) < 4.78 is 12.8. The van der Waals surface area contributed by atoms with Crippen molar-refractivity contribution in [2.24, 2.45) is 0 Å². The van der Waals surface area contributed by atoms with E-state index in [1.165, 1.54) is 5.56 Å². The molecule has 0 aliphatic carbocycles. The fourth-order valence-electron chi connectivity index (χ4n) is 3.20. The number of aromatic nitrogens is 1. The number of nitrogens with zero attached hydrogens (tertiary/aromatic N) is 1. The lowest BCUT2D eigenvalue weighted by molar-refractivity contribution is -0.128. The Morgan fingerprint density at radius 1 is 1.12 bits per heavy atom. The first kappa shape index (κ1) is 22.4. The van der Waals surface area contributed by atoms with E-state index in [-0.39, 0.29) is 5.91 Å². The Labute approximate surface area is 199 Å². The summed E-state index contributed by atoms with van der Waals surface area (Å²) in [5.74, 6) is 0.710. The molecule has 0 saturated carbocycles. The lowest BCUT2D eigenvalue weighted by Gasteiger charge is -2.25. The van der Waals surface area contributed by atoms with Crippen LogP contribution in [-0.2, 0) is 11.2 Å². The number of benzene rings is 3. The van der Waals surface area contributed by atoms with Gasteiger partial charge in [0.1, 0.15) is 11.3 Å². The van der Waals surface area contributed by atoms with Crippen molar-refractivity contribution in [3.63, 3.8) is 0 Å². The van der Waals surface area contributed by atoms with Gasteiger partial charge in [-0.2, -0.15) is 0 Å². The van der Waals surface area contributed by atoms with Crippen LogP contribution in [0.1, 0.15) is 26.3 Å². The van der Waals surface area contributed by atoms with Gasteiger partial charge in [0.05, 0.1) is 10.6 Å². The molecule has 3 aromatic carbocycles. The average molecular weight is 514 g/mol. The summed E-state index contributed by atoms with van der Waals surface area (Å²) in [5, 5.41) is 3.38. The molecule has 32 heavy (non-hydrogen) atoms. The standard InChI is InChI=1S/C25H22BrClN2O3/c1-4-15-5-12-22-21(13-15)29-23(31-22)19-14-17(8-11-20(19)27)28-24(30)25(2,3)32-18-9-6-16(26)7-10-18/h5-14H,4H2,1-3H3,(H,28,30). The zero-order chi connectivity index (χ0) is 22.9. The molecule has 1 heterocycles.